The van der Waals surface area contributed by atoms with E-state index >= 15 is 0 Å². The van der Waals surface area contributed by atoms with Crippen molar-refractivity contribution >= 4 is 35.5 Å². The maximum Gasteiger partial charge on any atom is 0.329 e. The number of esters is 1. The van der Waals surface area contributed by atoms with E-state index in [-0.39, 0.29) is 23.2 Å². The van der Waals surface area contributed by atoms with Crippen LogP contribution in [0.3, 0.4) is 0 Å². The Hall–Kier alpha value is -3.18. The van der Waals surface area contributed by atoms with Crippen LogP contribution in [0.25, 0.3) is 0 Å². The number of nitrogens with one attached hydrogen (secondary N) is 3. The molecule has 12 heteroatoms. The van der Waals surface area contributed by atoms with Gasteiger partial charge in [-0.15, -0.1) is 0 Å². The number of fused-ring (bicyclic) bond motifs is 1. The first-order valence-corrected chi connectivity index (χ1v) is 16.1. The Morgan fingerprint density at radius 1 is 0.867 bits per heavy atom. The molecule has 0 aromatic heterocycles. The van der Waals surface area contributed by atoms with Gasteiger partial charge in [-0.05, 0) is 61.2 Å². The van der Waals surface area contributed by atoms with Crippen LogP contribution in [-0.4, -0.2) is 76.7 Å². The number of nitrogens with zero attached hydrogens (tertiary/aromatic N) is 1. The third-order valence-electron chi connectivity index (χ3n) is 9.60. The van der Waals surface area contributed by atoms with E-state index in [1.165, 1.54) is 4.90 Å². The molecule has 6 atom stereocenters. The van der Waals surface area contributed by atoms with Crippen molar-refractivity contribution in [2.45, 2.75) is 132 Å². The molecule has 254 valence electrons. The Labute approximate surface area is 267 Å². The SMILES string of the molecule is CC(C)(C)OC(=O)[C@@H](NC(=O)N[C@H](C(=O)N1C[C@H]2[C@@H]([C@H]1C(=O)NC(CC1CCC1)C(=O)C(N)=O)C2(C)C)C(C)(C)C)C(C)(C)C. The maximum atomic E-state index is 14.3. The number of nitrogens with two attached hydrogens (primary N) is 1. The van der Waals surface area contributed by atoms with Crippen molar-refractivity contribution in [1.82, 2.24) is 20.9 Å². The lowest BCUT2D eigenvalue weighted by molar-refractivity contribution is -0.160. The molecule has 3 aliphatic rings. The Morgan fingerprint density at radius 2 is 1.40 bits per heavy atom. The zero-order valence-electron chi connectivity index (χ0n) is 29.0. The lowest BCUT2D eigenvalue weighted by Crippen LogP contribution is -2.63. The molecule has 1 saturated heterocycles. The van der Waals surface area contributed by atoms with Crippen molar-refractivity contribution in [3.63, 3.8) is 0 Å². The minimum Gasteiger partial charge on any atom is -0.458 e. The number of rotatable bonds is 10. The lowest BCUT2D eigenvalue weighted by atomic mass is 9.80. The molecule has 0 bridgehead atoms. The normalized spacial score (nSPS) is 24.7. The molecular weight excluding hydrogens is 578 g/mol. The average Bonchev–Trinajstić information content (AvgIpc) is 3.17. The van der Waals surface area contributed by atoms with Crippen molar-refractivity contribution in [3.8, 4) is 0 Å². The predicted octanol–water partition coefficient (Wildman–Crippen LogP) is 2.67. The Bertz CT molecular complexity index is 1210. The summed E-state index contributed by atoms with van der Waals surface area (Å²) in [4.78, 5) is 80.6. The Balaban J connectivity index is 1.84. The number of urea groups is 1. The van der Waals surface area contributed by atoms with Crippen LogP contribution in [0.1, 0.15) is 102 Å². The third-order valence-corrected chi connectivity index (χ3v) is 9.60. The van der Waals surface area contributed by atoms with E-state index in [1.807, 2.05) is 13.8 Å². The Kier molecular flexibility index (Phi) is 10.1. The Morgan fingerprint density at radius 3 is 1.84 bits per heavy atom. The number of ether oxygens (including phenoxy) is 1. The maximum absolute atomic E-state index is 14.3. The fraction of sp³-hybridized carbons (Fsp3) is 0.818. The van der Waals surface area contributed by atoms with Crippen molar-refractivity contribution in [3.05, 3.63) is 0 Å². The van der Waals surface area contributed by atoms with Gasteiger partial charge in [-0.25, -0.2) is 9.59 Å². The minimum absolute atomic E-state index is 0.0565. The molecule has 5 N–H and O–H groups in total. The summed E-state index contributed by atoms with van der Waals surface area (Å²) in [6.07, 6.45) is 3.18. The van der Waals surface area contributed by atoms with Gasteiger partial charge in [0.05, 0.1) is 6.04 Å². The number of hydrogen-bond acceptors (Lipinski definition) is 7. The average molecular weight is 634 g/mol. The summed E-state index contributed by atoms with van der Waals surface area (Å²) in [7, 11) is 0. The van der Waals surface area contributed by atoms with Crippen molar-refractivity contribution in [2.75, 3.05) is 6.54 Å². The zero-order valence-corrected chi connectivity index (χ0v) is 29.0. The lowest BCUT2D eigenvalue weighted by Gasteiger charge is -2.38. The van der Waals surface area contributed by atoms with Gasteiger partial charge in [0.25, 0.3) is 5.91 Å². The second-order valence-corrected chi connectivity index (χ2v) is 17.0. The number of likely N-dealkylation sites (tertiary alicyclic amines) is 1. The number of carbonyl (C=O) groups is 6. The van der Waals surface area contributed by atoms with Crippen LogP contribution in [0.4, 0.5) is 4.79 Å². The molecule has 2 saturated carbocycles. The van der Waals surface area contributed by atoms with E-state index in [1.54, 1.807) is 62.3 Å². The van der Waals surface area contributed by atoms with Gasteiger partial charge in [0, 0.05) is 6.54 Å². The van der Waals surface area contributed by atoms with Gasteiger partial charge in [-0.2, -0.15) is 0 Å². The van der Waals surface area contributed by atoms with Crippen molar-refractivity contribution in [2.24, 2.45) is 39.7 Å². The number of primary amides is 1. The second-order valence-electron chi connectivity index (χ2n) is 17.0. The highest BCUT2D eigenvalue weighted by Gasteiger charge is 2.70. The van der Waals surface area contributed by atoms with E-state index in [2.05, 4.69) is 16.0 Å². The first-order valence-electron chi connectivity index (χ1n) is 16.1. The minimum atomic E-state index is -1.11. The van der Waals surface area contributed by atoms with Crippen LogP contribution >= 0.6 is 0 Å². The van der Waals surface area contributed by atoms with Gasteiger partial charge >= 0.3 is 12.0 Å². The first-order chi connectivity index (χ1) is 20.4. The summed E-state index contributed by atoms with van der Waals surface area (Å²) < 4.78 is 5.55. The number of hydrogen-bond donors (Lipinski definition) is 4. The number of carbonyl (C=O) groups excluding carboxylic acids is 6. The number of Topliss-reactive ketones (excluding diaryl/α,β-unsaturated/α-hetero) is 1. The number of piperidine rings is 1. The van der Waals surface area contributed by atoms with Crippen LogP contribution in [0.15, 0.2) is 0 Å². The van der Waals surface area contributed by atoms with Gasteiger partial charge < -0.3 is 31.3 Å². The molecule has 0 radical (unpaired) electrons. The molecule has 12 nitrogen and oxygen atoms in total. The van der Waals surface area contributed by atoms with Crippen molar-refractivity contribution in [1.29, 1.82) is 0 Å². The standard InChI is InChI=1S/C33H55N5O7/c1-30(2,3)23(36-29(44)37-24(31(4,5)6)28(43)45-32(7,8)9)27(42)38-16-18-20(33(18,10)11)21(38)26(41)35-19(22(39)25(34)40)15-17-13-12-14-17/h17-21,23-24H,12-16H2,1-11H3,(H2,34,40)(H,35,41)(H2,36,37,44)/t18-,19?,20-,21-,23+,24+/m0/s1. The number of amides is 5. The summed E-state index contributed by atoms with van der Waals surface area (Å²) in [6, 6.07) is -4.71. The highest BCUT2D eigenvalue weighted by Crippen LogP contribution is 2.65. The summed E-state index contributed by atoms with van der Waals surface area (Å²) >= 11 is 0. The molecule has 0 aromatic rings. The molecule has 0 spiro atoms. The molecule has 3 rings (SSSR count). The number of ketones is 1. The van der Waals surface area contributed by atoms with Crippen LogP contribution in [0.2, 0.25) is 0 Å². The van der Waals surface area contributed by atoms with Gasteiger partial charge in [-0.1, -0.05) is 74.7 Å². The van der Waals surface area contributed by atoms with Crippen LogP contribution in [-0.2, 0) is 28.7 Å². The molecule has 1 unspecified atom stereocenters. The molecular formula is C33H55N5O7. The molecule has 1 heterocycles. The smallest absolute Gasteiger partial charge is 0.329 e. The highest BCUT2D eigenvalue weighted by atomic mass is 16.6. The molecule has 45 heavy (non-hydrogen) atoms. The predicted molar refractivity (Wildman–Crippen MR) is 168 cm³/mol. The monoisotopic (exact) mass is 633 g/mol. The van der Waals surface area contributed by atoms with E-state index < -0.39 is 76.1 Å². The third kappa shape index (κ3) is 8.35. The summed E-state index contributed by atoms with van der Waals surface area (Å²) in [5, 5.41) is 8.27. The van der Waals surface area contributed by atoms with Crippen LogP contribution in [0.5, 0.6) is 0 Å². The molecule has 0 aromatic carbocycles. The van der Waals surface area contributed by atoms with Gasteiger partial charge in [0.1, 0.15) is 23.7 Å². The van der Waals surface area contributed by atoms with Crippen LogP contribution in [0, 0.1) is 34.0 Å². The molecule has 1 aliphatic heterocycles. The first kappa shape index (κ1) is 36.3. The topological polar surface area (TPSA) is 177 Å². The summed E-state index contributed by atoms with van der Waals surface area (Å²) in [6.45, 7) is 20.5. The van der Waals surface area contributed by atoms with E-state index in [9.17, 15) is 28.8 Å². The van der Waals surface area contributed by atoms with Gasteiger partial charge in [-0.3, -0.25) is 19.2 Å². The van der Waals surface area contributed by atoms with Crippen molar-refractivity contribution < 1.29 is 33.5 Å². The van der Waals surface area contributed by atoms with Gasteiger partial charge in [0.15, 0.2) is 0 Å². The molecule has 3 fully saturated rings. The second kappa shape index (κ2) is 12.5. The van der Waals surface area contributed by atoms with E-state index in [4.69, 9.17) is 10.5 Å². The summed E-state index contributed by atoms with van der Waals surface area (Å²) in [5.74, 6) is -3.37. The van der Waals surface area contributed by atoms with Crippen LogP contribution < -0.4 is 21.7 Å². The van der Waals surface area contributed by atoms with Gasteiger partial charge in [0.2, 0.25) is 17.6 Å². The fourth-order valence-corrected chi connectivity index (χ4v) is 6.64. The highest BCUT2D eigenvalue weighted by molar-refractivity contribution is 6.37. The molecule has 5 amide bonds. The van der Waals surface area contributed by atoms with E-state index in [0.29, 0.717) is 13.0 Å². The summed E-state index contributed by atoms with van der Waals surface area (Å²) in [5.41, 5.74) is 2.90. The zero-order chi connectivity index (χ0) is 34.4. The largest absolute Gasteiger partial charge is 0.458 e. The molecule has 2 aliphatic carbocycles. The quantitative estimate of drug-likeness (QED) is 0.211. The van der Waals surface area contributed by atoms with E-state index in [0.717, 1.165) is 19.3 Å². The fourth-order valence-electron chi connectivity index (χ4n) is 6.64.